The molecule has 0 rings (SSSR count). The summed E-state index contributed by atoms with van der Waals surface area (Å²) >= 11 is 0. The molecular formula is C5H6N2. The summed E-state index contributed by atoms with van der Waals surface area (Å²) in [7, 11) is 0. The van der Waals surface area contributed by atoms with E-state index in [2.05, 4.69) is 11.6 Å². The Morgan fingerprint density at radius 3 is 2.71 bits per heavy atom. The average Bonchev–Trinajstić information content (AvgIpc) is 1.68. The van der Waals surface area contributed by atoms with Crippen molar-refractivity contribution in [2.24, 2.45) is 4.99 Å². The van der Waals surface area contributed by atoms with E-state index < -0.39 is 0 Å². The molecule has 0 aliphatic carbocycles. The number of hydrogen-bond donors (Lipinski definition) is 0. The fraction of sp³-hybridized carbons (Fsp3) is 0.200. The lowest BCUT2D eigenvalue weighted by Gasteiger charge is -1.73. The number of nitrogens with zero attached hydrogens (tertiary/aromatic N) is 2. The number of nitriles is 1. The van der Waals surface area contributed by atoms with E-state index in [-0.39, 0.29) is 5.70 Å². The van der Waals surface area contributed by atoms with Gasteiger partial charge in [0.1, 0.15) is 11.8 Å². The van der Waals surface area contributed by atoms with Gasteiger partial charge >= 0.3 is 0 Å². The Kier molecular flexibility index (Phi) is 2.62. The molecule has 0 radical (unpaired) electrons. The smallest absolute Gasteiger partial charge is 0.132 e. The van der Waals surface area contributed by atoms with Gasteiger partial charge in [0.05, 0.1) is 0 Å². The zero-order valence-electron chi connectivity index (χ0n) is 4.18. The molecule has 0 saturated heterocycles. The third kappa shape index (κ3) is 2.71. The van der Waals surface area contributed by atoms with Crippen molar-refractivity contribution in [3.63, 3.8) is 0 Å². The predicted octanol–water partition coefficient (Wildman–Crippen LogP) is 1.11. The van der Waals surface area contributed by atoms with E-state index in [0.29, 0.717) is 0 Å². The largest absolute Gasteiger partial charge is 0.251 e. The van der Waals surface area contributed by atoms with Crippen molar-refractivity contribution in [3.8, 4) is 6.07 Å². The molecule has 0 aromatic heterocycles. The molecule has 2 nitrogen and oxygen atoms in total. The molecule has 0 amide bonds. The molecular weight excluding hydrogens is 88.1 g/mol. The van der Waals surface area contributed by atoms with E-state index in [0.717, 1.165) is 0 Å². The van der Waals surface area contributed by atoms with Crippen molar-refractivity contribution in [1.29, 1.82) is 5.26 Å². The maximum atomic E-state index is 8.00. The van der Waals surface area contributed by atoms with Crippen LogP contribution in [0.1, 0.15) is 6.92 Å². The van der Waals surface area contributed by atoms with E-state index in [9.17, 15) is 0 Å². The van der Waals surface area contributed by atoms with E-state index in [4.69, 9.17) is 5.26 Å². The first-order valence-corrected chi connectivity index (χ1v) is 1.89. The Morgan fingerprint density at radius 1 is 2.00 bits per heavy atom. The van der Waals surface area contributed by atoms with Crippen LogP contribution in [-0.4, -0.2) is 6.21 Å². The van der Waals surface area contributed by atoms with Crippen LogP contribution in [-0.2, 0) is 0 Å². The van der Waals surface area contributed by atoms with Crippen molar-refractivity contribution in [2.75, 3.05) is 0 Å². The molecule has 0 fully saturated rings. The number of rotatable bonds is 1. The third-order valence-electron chi connectivity index (χ3n) is 0.414. The Morgan fingerprint density at radius 2 is 2.57 bits per heavy atom. The molecule has 0 aliphatic heterocycles. The SMILES string of the molecule is C=C(C#N)/N=C\C. The first-order valence-electron chi connectivity index (χ1n) is 1.89. The van der Waals surface area contributed by atoms with Gasteiger partial charge in [-0.15, -0.1) is 0 Å². The minimum atomic E-state index is 0.252. The van der Waals surface area contributed by atoms with Gasteiger partial charge in [0.15, 0.2) is 0 Å². The minimum absolute atomic E-state index is 0.252. The van der Waals surface area contributed by atoms with E-state index in [1.54, 1.807) is 13.0 Å². The molecule has 0 aliphatic rings. The summed E-state index contributed by atoms with van der Waals surface area (Å²) < 4.78 is 0. The topological polar surface area (TPSA) is 36.1 Å². The van der Waals surface area contributed by atoms with Gasteiger partial charge < -0.3 is 0 Å². The van der Waals surface area contributed by atoms with E-state index in [1.807, 2.05) is 0 Å². The molecule has 0 aromatic rings. The van der Waals surface area contributed by atoms with Crippen molar-refractivity contribution in [2.45, 2.75) is 6.92 Å². The second-order valence-corrected chi connectivity index (χ2v) is 0.946. The highest BCUT2D eigenvalue weighted by atomic mass is 14.7. The highest BCUT2D eigenvalue weighted by molar-refractivity contribution is 5.56. The summed E-state index contributed by atoms with van der Waals surface area (Å²) in [4.78, 5) is 3.56. The Hall–Kier alpha value is -1.10. The summed E-state index contributed by atoms with van der Waals surface area (Å²) in [5, 5.41) is 8.00. The van der Waals surface area contributed by atoms with Crippen LogP contribution in [0.25, 0.3) is 0 Å². The van der Waals surface area contributed by atoms with Crippen LogP contribution in [0.4, 0.5) is 0 Å². The summed E-state index contributed by atoms with van der Waals surface area (Å²) in [6.45, 7) is 5.04. The lowest BCUT2D eigenvalue weighted by Crippen LogP contribution is -1.64. The zero-order chi connectivity index (χ0) is 5.70. The third-order valence-corrected chi connectivity index (χ3v) is 0.414. The molecule has 0 spiro atoms. The van der Waals surface area contributed by atoms with Crippen molar-refractivity contribution in [3.05, 3.63) is 12.3 Å². The van der Waals surface area contributed by atoms with Crippen molar-refractivity contribution in [1.82, 2.24) is 0 Å². The Balaban J connectivity index is 3.66. The van der Waals surface area contributed by atoms with Gasteiger partial charge in [-0.05, 0) is 6.92 Å². The second kappa shape index (κ2) is 3.10. The van der Waals surface area contributed by atoms with E-state index in [1.165, 1.54) is 6.21 Å². The van der Waals surface area contributed by atoms with Crippen LogP contribution < -0.4 is 0 Å². The summed E-state index contributed by atoms with van der Waals surface area (Å²) in [5.41, 5.74) is 0.252. The van der Waals surface area contributed by atoms with Crippen LogP contribution in [0.15, 0.2) is 17.3 Å². The van der Waals surface area contributed by atoms with Gasteiger partial charge in [-0.1, -0.05) is 6.58 Å². The second-order valence-electron chi connectivity index (χ2n) is 0.946. The molecule has 2 heteroatoms. The standard InChI is InChI=1S/C5H6N2/c1-3-7-5(2)4-6/h3H,2H2,1H3/b7-3-. The minimum Gasteiger partial charge on any atom is -0.251 e. The Labute approximate surface area is 42.8 Å². The van der Waals surface area contributed by atoms with Crippen LogP contribution in [0.3, 0.4) is 0 Å². The monoisotopic (exact) mass is 94.1 g/mol. The van der Waals surface area contributed by atoms with Gasteiger partial charge in [-0.2, -0.15) is 5.26 Å². The summed E-state index contributed by atoms with van der Waals surface area (Å²) in [6, 6.07) is 1.77. The fourth-order valence-corrected chi connectivity index (χ4v) is 0.185. The van der Waals surface area contributed by atoms with Crippen LogP contribution >= 0.6 is 0 Å². The highest BCUT2D eigenvalue weighted by Crippen LogP contribution is 1.83. The lowest BCUT2D eigenvalue weighted by molar-refractivity contribution is 1.40. The predicted molar refractivity (Wildman–Crippen MR) is 28.9 cm³/mol. The first kappa shape index (κ1) is 5.90. The molecule has 0 aromatic carbocycles. The summed E-state index contributed by atoms with van der Waals surface area (Å²) in [5.74, 6) is 0. The first-order chi connectivity index (χ1) is 3.31. The summed E-state index contributed by atoms with van der Waals surface area (Å²) in [6.07, 6.45) is 1.53. The van der Waals surface area contributed by atoms with Crippen molar-refractivity contribution >= 4 is 6.21 Å². The van der Waals surface area contributed by atoms with Crippen LogP contribution in [0, 0.1) is 11.3 Å². The maximum absolute atomic E-state index is 8.00. The molecule has 0 bridgehead atoms. The van der Waals surface area contributed by atoms with E-state index >= 15 is 0 Å². The van der Waals surface area contributed by atoms with Crippen LogP contribution in [0.2, 0.25) is 0 Å². The number of allylic oxidation sites excluding steroid dienone is 1. The molecule has 7 heavy (non-hydrogen) atoms. The molecule has 0 saturated carbocycles. The van der Waals surface area contributed by atoms with Gasteiger partial charge in [-0.3, -0.25) is 4.99 Å². The van der Waals surface area contributed by atoms with Crippen LogP contribution in [0.5, 0.6) is 0 Å². The van der Waals surface area contributed by atoms with Gasteiger partial charge in [0, 0.05) is 6.21 Å². The molecule has 0 atom stereocenters. The van der Waals surface area contributed by atoms with Gasteiger partial charge in [-0.25, -0.2) is 0 Å². The maximum Gasteiger partial charge on any atom is 0.132 e. The lowest BCUT2D eigenvalue weighted by atomic mass is 10.6. The zero-order valence-corrected chi connectivity index (χ0v) is 4.18. The van der Waals surface area contributed by atoms with Gasteiger partial charge in [0.2, 0.25) is 0 Å². The molecule has 0 N–H and O–H groups in total. The molecule has 0 heterocycles. The quantitative estimate of drug-likeness (QED) is 0.354. The highest BCUT2D eigenvalue weighted by Gasteiger charge is 1.74. The normalized spacial score (nSPS) is 8.57. The fourth-order valence-electron chi connectivity index (χ4n) is 0.185. The number of aliphatic imine (C=N–C) groups is 1. The molecule has 0 unspecified atom stereocenters. The molecule has 36 valence electrons. The van der Waals surface area contributed by atoms with Crippen molar-refractivity contribution < 1.29 is 0 Å². The Bertz CT molecular complexity index is 128. The van der Waals surface area contributed by atoms with Gasteiger partial charge in [0.25, 0.3) is 0 Å². The number of hydrogen-bond acceptors (Lipinski definition) is 2. The average molecular weight is 94.1 g/mol.